The molecule has 9 rings (SSSR count). The van der Waals surface area contributed by atoms with Gasteiger partial charge in [-0.25, -0.2) is 0 Å². The lowest BCUT2D eigenvalue weighted by Crippen LogP contribution is -2.34. The summed E-state index contributed by atoms with van der Waals surface area (Å²) < 4.78 is 13.2. The van der Waals surface area contributed by atoms with Crippen LogP contribution in [0.15, 0.2) is 52.3 Å². The summed E-state index contributed by atoms with van der Waals surface area (Å²) in [5.41, 5.74) is 30.7. The highest BCUT2D eigenvalue weighted by molar-refractivity contribution is 7.39. The van der Waals surface area contributed by atoms with Gasteiger partial charge in [-0.3, -0.25) is 10.7 Å². The van der Waals surface area contributed by atoms with Crippen molar-refractivity contribution in [3.8, 4) is 0 Å². The normalized spacial score (nSPS) is 12.8. The average molecular weight is 980 g/mol. The first-order valence-electron chi connectivity index (χ1n) is 19.6. The zero-order valence-electron chi connectivity index (χ0n) is 36.2. The van der Waals surface area contributed by atoms with Crippen LogP contribution in [-0.2, 0) is 0 Å². The number of nitrogen functional groups attached to an aromatic ring is 4. The predicted octanol–water partition coefficient (Wildman–Crippen LogP) is 13.1. The summed E-state index contributed by atoms with van der Waals surface area (Å²) in [5, 5.41) is 23.3. The fourth-order valence-electron chi connectivity index (χ4n) is 6.92. The first kappa shape index (κ1) is 44.9. The van der Waals surface area contributed by atoms with Crippen LogP contribution >= 0.6 is 68.0 Å². The number of rotatable bonds is 6. The van der Waals surface area contributed by atoms with E-state index in [1.165, 1.54) is 36.8 Å². The molecule has 0 unspecified atom stereocenters. The van der Waals surface area contributed by atoms with Gasteiger partial charge in [-0.1, -0.05) is 78.6 Å². The molecule has 0 saturated carbocycles. The van der Waals surface area contributed by atoms with Crippen molar-refractivity contribution in [3.05, 3.63) is 52.1 Å². The third-order valence-electron chi connectivity index (χ3n) is 10.5. The van der Waals surface area contributed by atoms with E-state index in [1.807, 2.05) is 34.8 Å². The maximum absolute atomic E-state index is 11.5. The van der Waals surface area contributed by atoms with E-state index in [4.69, 9.17) is 22.9 Å². The molecule has 8 nitrogen and oxygen atoms in total. The average Bonchev–Trinajstić information content (AvgIpc) is 3.99. The van der Waals surface area contributed by atoms with Crippen LogP contribution in [0.4, 0.5) is 34.1 Å². The van der Waals surface area contributed by atoms with Gasteiger partial charge in [-0.05, 0) is 70.3 Å². The van der Waals surface area contributed by atoms with Gasteiger partial charge in [0.25, 0.3) is 0 Å². The monoisotopic (exact) mass is 978 g/mol. The summed E-state index contributed by atoms with van der Waals surface area (Å²) in [7, 11) is -5.65. The van der Waals surface area contributed by atoms with Crippen LogP contribution in [0, 0.1) is 4.91 Å². The van der Waals surface area contributed by atoms with E-state index in [9.17, 15) is 10.1 Å². The van der Waals surface area contributed by atoms with Crippen molar-refractivity contribution in [1.29, 1.82) is 0 Å². The number of thiophene rings is 6. The Morgan fingerprint density at radius 2 is 0.767 bits per heavy atom. The van der Waals surface area contributed by atoms with Crippen molar-refractivity contribution < 1.29 is 5.21 Å². The number of fused-ring (bicyclic) bond motifs is 9. The zero-order chi connectivity index (χ0) is 44.0. The number of nitrogens with one attached hydrogen (secondary N) is 1. The number of hydrogen-bond acceptors (Lipinski definition) is 14. The maximum Gasteiger partial charge on any atom is 0.142 e. The van der Waals surface area contributed by atoms with Crippen molar-refractivity contribution in [1.82, 2.24) is 0 Å². The molecule has 316 valence electrons. The van der Waals surface area contributed by atoms with Gasteiger partial charge in [-0.2, -0.15) is 0 Å². The topological polar surface area (TPSA) is 166 Å². The molecule has 0 aliphatic heterocycles. The minimum atomic E-state index is -1.49. The van der Waals surface area contributed by atoms with E-state index in [1.54, 1.807) is 45.3 Å². The van der Waals surface area contributed by atoms with E-state index in [0.29, 0.717) is 22.7 Å². The third-order valence-corrected chi connectivity index (χ3v) is 31.7. The maximum atomic E-state index is 11.5. The van der Waals surface area contributed by atoms with Crippen LogP contribution in [-0.4, -0.2) is 37.5 Å². The van der Waals surface area contributed by atoms with Crippen LogP contribution in [0.2, 0.25) is 78.6 Å². The van der Waals surface area contributed by atoms with Gasteiger partial charge in [-0.15, -0.1) is 72.9 Å². The summed E-state index contributed by atoms with van der Waals surface area (Å²) in [5.74, 6) is 0. The highest BCUT2D eigenvalue weighted by Crippen LogP contribution is 2.47. The van der Waals surface area contributed by atoms with E-state index in [-0.39, 0.29) is 0 Å². The standard InChI is InChI=1S/C16H22N2O2S2Si2.C16H24N2S2Si2.C10H8N2S2/c1-23(2,3)11-7-9-13(17-19)14(18-20)10-8-12(24(4,5)6)22-16(10)15(9)21-11;1-21(2,3)11-7-9-13(17)14(18)10-8-12(22(4,5)6)20-16(10)15(9)19-11;11-7-5-1-3-13-9(5)10-6(8(7)12)2-4-14-10/h7-8,17,19H,1-6H3;7-8H,17-18H2,1-6H3;1-4H,11-12H2. The molecule has 0 bridgehead atoms. The summed E-state index contributed by atoms with van der Waals surface area (Å²) in [6.07, 6.45) is 0. The van der Waals surface area contributed by atoms with Gasteiger partial charge in [0.2, 0.25) is 0 Å². The molecule has 0 atom stereocenters. The number of anilines is 5. The molecule has 10 N–H and O–H groups in total. The molecule has 60 heavy (non-hydrogen) atoms. The number of hydrogen-bond donors (Lipinski definition) is 6. The van der Waals surface area contributed by atoms with Crippen molar-refractivity contribution in [2.45, 2.75) is 78.6 Å². The van der Waals surface area contributed by atoms with Gasteiger partial charge < -0.3 is 22.9 Å². The van der Waals surface area contributed by atoms with Crippen LogP contribution < -0.4 is 46.4 Å². The molecule has 0 aliphatic carbocycles. The van der Waals surface area contributed by atoms with Gasteiger partial charge in [0.05, 0.1) is 88.9 Å². The number of nitrogens with two attached hydrogens (primary N) is 4. The lowest BCUT2D eigenvalue weighted by molar-refractivity contribution is 0.390. The Morgan fingerprint density at radius 3 is 1.10 bits per heavy atom. The van der Waals surface area contributed by atoms with Crippen LogP contribution in [0.25, 0.3) is 60.5 Å². The Kier molecular flexibility index (Phi) is 11.9. The second kappa shape index (κ2) is 15.9. The minimum Gasteiger partial charge on any atom is -0.397 e. The largest absolute Gasteiger partial charge is 0.397 e. The molecular weight excluding hydrogens is 925 g/mol. The quantitative estimate of drug-likeness (QED) is 0.0317. The molecule has 0 aliphatic rings. The second-order valence-electron chi connectivity index (χ2n) is 19.3. The number of benzene rings is 3. The van der Waals surface area contributed by atoms with Gasteiger partial charge in [0.1, 0.15) is 5.69 Å². The van der Waals surface area contributed by atoms with E-state index in [2.05, 4.69) is 124 Å². The summed E-state index contributed by atoms with van der Waals surface area (Å²) in [6, 6.07) is 12.9. The Hall–Kier alpha value is -3.15. The Morgan fingerprint density at radius 1 is 0.467 bits per heavy atom. The highest BCUT2D eigenvalue weighted by Gasteiger charge is 2.28. The van der Waals surface area contributed by atoms with E-state index in [0.717, 1.165) is 53.1 Å². The molecule has 6 aromatic heterocycles. The fourth-order valence-corrected chi connectivity index (χ4v) is 21.4. The smallest absolute Gasteiger partial charge is 0.142 e. The molecule has 0 fully saturated rings. The Balaban J connectivity index is 0.000000140. The predicted molar refractivity (Wildman–Crippen MR) is 292 cm³/mol. The first-order valence-corrected chi connectivity index (χ1v) is 38.6. The SMILES string of the molecule is C[Si](C)(C)c1cc2c(N)c(N)c3cc([Si](C)(C)C)sc3c2s1.C[Si](C)(C)c1cc2c(N=O)c(NO)c3cc([Si](C)(C)C)sc3c2s1.Nc1c(N)c2ccsc2c2sccc12. The molecule has 0 radical (unpaired) electrons. The van der Waals surface area contributed by atoms with Gasteiger partial charge in [0.15, 0.2) is 0 Å². The highest BCUT2D eigenvalue weighted by atomic mass is 32.1. The van der Waals surface area contributed by atoms with Crippen molar-refractivity contribution in [2.24, 2.45) is 5.18 Å². The second-order valence-corrected chi connectivity index (χ2v) is 47.0. The van der Waals surface area contributed by atoms with Gasteiger partial charge in [0, 0.05) is 32.3 Å². The summed E-state index contributed by atoms with van der Waals surface area (Å²) in [6.45, 7) is 28.1. The van der Waals surface area contributed by atoms with E-state index >= 15 is 0 Å². The zero-order valence-corrected chi connectivity index (χ0v) is 45.1. The number of nitrogens with zero attached hydrogens (tertiary/aromatic N) is 1. The molecule has 9 aromatic rings. The Labute approximate surface area is 379 Å². The fraction of sp³-hybridized carbons (Fsp3) is 0.286. The van der Waals surface area contributed by atoms with Crippen LogP contribution in [0.3, 0.4) is 0 Å². The Bertz CT molecular complexity index is 2980. The molecular formula is C42H54N6O2S6Si4. The molecule has 0 amide bonds. The molecule has 3 aromatic carbocycles. The molecule has 0 saturated heterocycles. The summed E-state index contributed by atoms with van der Waals surface area (Å²) in [4.78, 5) is 11.5. The molecule has 0 spiro atoms. The van der Waals surface area contributed by atoms with Crippen molar-refractivity contribution >= 4 is 213 Å². The van der Waals surface area contributed by atoms with Gasteiger partial charge >= 0.3 is 0 Å². The third kappa shape index (κ3) is 8.02. The van der Waals surface area contributed by atoms with Crippen LogP contribution in [0.5, 0.6) is 0 Å². The molecule has 6 heterocycles. The van der Waals surface area contributed by atoms with Crippen LogP contribution in [0.1, 0.15) is 0 Å². The molecule has 18 heteroatoms. The van der Waals surface area contributed by atoms with E-state index < -0.39 is 32.3 Å². The van der Waals surface area contributed by atoms with Crippen molar-refractivity contribution in [2.75, 3.05) is 28.4 Å². The lowest BCUT2D eigenvalue weighted by Gasteiger charge is -2.12. The minimum absolute atomic E-state index is 0.320. The number of nitroso groups, excluding NO2 is 1. The first-order chi connectivity index (χ1) is 27.9. The lowest BCUT2D eigenvalue weighted by atomic mass is 10.1. The van der Waals surface area contributed by atoms with Crippen molar-refractivity contribution in [3.63, 3.8) is 0 Å². The summed E-state index contributed by atoms with van der Waals surface area (Å²) >= 11 is 10.9.